The summed E-state index contributed by atoms with van der Waals surface area (Å²) in [4.78, 5) is 42.5. The molecule has 0 aliphatic rings. The van der Waals surface area contributed by atoms with E-state index in [1.165, 1.54) is 23.1 Å². The smallest absolute Gasteiger partial charge is 0.408 e. The summed E-state index contributed by atoms with van der Waals surface area (Å²) in [5, 5.41) is 25.6. The number of aromatic hydroxyl groups is 2. The number of alkyl carbamates (subject to hydrolysis) is 1. The number of rotatable bonds is 14. The Bertz CT molecular complexity index is 1140. The van der Waals surface area contributed by atoms with Gasteiger partial charge in [-0.2, -0.15) is 0 Å². The molecule has 0 aromatic heterocycles. The van der Waals surface area contributed by atoms with Gasteiger partial charge < -0.3 is 30.5 Å². The molecule has 3 amide bonds. The lowest BCUT2D eigenvalue weighted by Gasteiger charge is -2.35. The number of amides is 3. The fraction of sp³-hybridized carbons (Fsp3) is 0.531. The zero-order valence-corrected chi connectivity index (χ0v) is 25.3. The minimum absolute atomic E-state index is 0.0874. The molecule has 9 nitrogen and oxygen atoms in total. The molecular formula is C32H47N3O6. The Morgan fingerprint density at radius 3 is 2.20 bits per heavy atom. The number of unbranched alkanes of at least 4 members (excludes halogenated alkanes) is 3. The fourth-order valence-electron chi connectivity index (χ4n) is 4.42. The van der Waals surface area contributed by atoms with Crippen molar-refractivity contribution in [3.63, 3.8) is 0 Å². The first kappa shape index (κ1) is 33.5. The molecular weight excluding hydrogens is 522 g/mol. The zero-order chi connectivity index (χ0) is 30.6. The molecule has 226 valence electrons. The largest absolute Gasteiger partial charge is 0.508 e. The summed E-state index contributed by atoms with van der Waals surface area (Å²) >= 11 is 0. The summed E-state index contributed by atoms with van der Waals surface area (Å²) in [7, 11) is 0. The number of nitrogens with zero attached hydrogens (tertiary/aromatic N) is 1. The molecule has 0 spiro atoms. The number of hydrogen-bond acceptors (Lipinski definition) is 6. The molecule has 2 rings (SSSR count). The molecule has 9 heteroatoms. The van der Waals surface area contributed by atoms with Crippen molar-refractivity contribution in [1.29, 1.82) is 0 Å². The van der Waals surface area contributed by atoms with E-state index in [2.05, 4.69) is 17.6 Å². The van der Waals surface area contributed by atoms with Crippen LogP contribution >= 0.6 is 0 Å². The van der Waals surface area contributed by atoms with Gasteiger partial charge in [0.15, 0.2) is 0 Å². The third kappa shape index (κ3) is 11.0. The van der Waals surface area contributed by atoms with Crippen LogP contribution in [0.5, 0.6) is 11.5 Å². The third-order valence-electron chi connectivity index (χ3n) is 6.58. The number of ether oxygens (including phenoxy) is 1. The number of hydrogen-bond donors (Lipinski definition) is 4. The molecule has 0 aliphatic carbocycles. The van der Waals surface area contributed by atoms with Gasteiger partial charge in [0, 0.05) is 19.5 Å². The Hall–Kier alpha value is -3.75. The van der Waals surface area contributed by atoms with E-state index in [4.69, 9.17) is 4.74 Å². The Kier molecular flexibility index (Phi) is 13.0. The first-order valence-electron chi connectivity index (χ1n) is 14.5. The van der Waals surface area contributed by atoms with Gasteiger partial charge in [0.2, 0.25) is 11.8 Å². The van der Waals surface area contributed by atoms with E-state index in [9.17, 15) is 24.6 Å². The Labute approximate surface area is 244 Å². The number of carbonyl (C=O) groups excluding carboxylic acids is 3. The molecule has 2 aromatic carbocycles. The zero-order valence-electron chi connectivity index (χ0n) is 25.3. The van der Waals surface area contributed by atoms with E-state index < -0.39 is 29.7 Å². The highest BCUT2D eigenvalue weighted by atomic mass is 16.6. The van der Waals surface area contributed by atoms with Crippen LogP contribution in [0, 0.1) is 6.92 Å². The number of phenols is 2. The van der Waals surface area contributed by atoms with Crippen molar-refractivity contribution >= 4 is 17.9 Å². The molecule has 0 fully saturated rings. The van der Waals surface area contributed by atoms with E-state index in [-0.39, 0.29) is 23.8 Å². The highest BCUT2D eigenvalue weighted by molar-refractivity contribution is 5.92. The normalized spacial score (nSPS) is 12.7. The number of carbonyl (C=O) groups is 3. The molecule has 0 radical (unpaired) electrons. The quantitative estimate of drug-likeness (QED) is 0.222. The van der Waals surface area contributed by atoms with Gasteiger partial charge in [-0.15, -0.1) is 0 Å². The number of nitrogens with one attached hydrogen (secondary N) is 2. The van der Waals surface area contributed by atoms with Crippen LogP contribution in [0.2, 0.25) is 0 Å². The van der Waals surface area contributed by atoms with Crippen molar-refractivity contribution < 1.29 is 29.3 Å². The molecule has 2 aromatic rings. The van der Waals surface area contributed by atoms with Crippen LogP contribution < -0.4 is 10.6 Å². The summed E-state index contributed by atoms with van der Waals surface area (Å²) in [6.07, 6.45) is 3.51. The van der Waals surface area contributed by atoms with Crippen LogP contribution in [0.15, 0.2) is 42.5 Å². The summed E-state index contributed by atoms with van der Waals surface area (Å²) in [6.45, 7) is 11.8. The molecule has 0 saturated heterocycles. The molecule has 0 heterocycles. The Balaban J connectivity index is 2.57. The van der Waals surface area contributed by atoms with Crippen LogP contribution in [-0.2, 0) is 20.7 Å². The van der Waals surface area contributed by atoms with E-state index in [1.807, 2.05) is 6.92 Å². The van der Waals surface area contributed by atoms with Gasteiger partial charge in [-0.25, -0.2) is 4.79 Å². The van der Waals surface area contributed by atoms with E-state index in [0.29, 0.717) is 30.6 Å². The molecule has 0 saturated carbocycles. The summed E-state index contributed by atoms with van der Waals surface area (Å²) in [5.74, 6) is -0.570. The van der Waals surface area contributed by atoms with E-state index in [1.54, 1.807) is 52.0 Å². The van der Waals surface area contributed by atoms with Crippen LogP contribution in [-0.4, -0.2) is 57.8 Å². The van der Waals surface area contributed by atoms with Crippen molar-refractivity contribution in [2.75, 3.05) is 13.1 Å². The highest BCUT2D eigenvalue weighted by Crippen LogP contribution is 2.28. The fourth-order valence-corrected chi connectivity index (χ4v) is 4.42. The lowest BCUT2D eigenvalue weighted by atomic mass is 9.98. The number of phenolic OH excluding ortho intramolecular Hbond substituents is 2. The maximum Gasteiger partial charge on any atom is 0.408 e. The molecule has 2 unspecified atom stereocenters. The maximum absolute atomic E-state index is 14.4. The van der Waals surface area contributed by atoms with Crippen LogP contribution in [0.4, 0.5) is 4.79 Å². The molecule has 41 heavy (non-hydrogen) atoms. The van der Waals surface area contributed by atoms with Gasteiger partial charge in [0.25, 0.3) is 0 Å². The average Bonchev–Trinajstić information content (AvgIpc) is 2.89. The second kappa shape index (κ2) is 15.9. The number of aryl methyl sites for hydroxylation is 1. The molecule has 0 aliphatic heterocycles. The van der Waals surface area contributed by atoms with Gasteiger partial charge in [-0.05, 0) is 81.5 Å². The minimum Gasteiger partial charge on any atom is -0.508 e. The number of benzene rings is 2. The van der Waals surface area contributed by atoms with E-state index in [0.717, 1.165) is 31.2 Å². The molecule has 4 N–H and O–H groups in total. The van der Waals surface area contributed by atoms with Gasteiger partial charge in [0.05, 0.1) is 0 Å². The second-order valence-corrected chi connectivity index (χ2v) is 11.4. The topological polar surface area (TPSA) is 128 Å². The van der Waals surface area contributed by atoms with Crippen LogP contribution in [0.3, 0.4) is 0 Å². The Morgan fingerprint density at radius 2 is 1.61 bits per heavy atom. The van der Waals surface area contributed by atoms with Crippen LogP contribution in [0.1, 0.15) is 89.5 Å². The van der Waals surface area contributed by atoms with E-state index >= 15 is 0 Å². The summed E-state index contributed by atoms with van der Waals surface area (Å²) in [6, 6.07) is 9.30. The van der Waals surface area contributed by atoms with Crippen molar-refractivity contribution in [3.05, 3.63) is 59.2 Å². The standard InChI is InChI=1S/C32H47N3O6/c1-7-9-11-19-35(28(29(38)33-18-10-8-2)24-14-17-27(37)22(3)20-24)30(39)26(34-31(40)41-32(4,5)6)21-23-12-15-25(36)16-13-23/h12-17,20,26,28,36-37H,7-11,18-19,21H2,1-6H3,(H,33,38)(H,34,40). The minimum atomic E-state index is -1.04. The van der Waals surface area contributed by atoms with Gasteiger partial charge in [-0.1, -0.05) is 51.3 Å². The van der Waals surface area contributed by atoms with Crippen LogP contribution in [0.25, 0.3) is 0 Å². The predicted octanol–water partition coefficient (Wildman–Crippen LogP) is 5.52. The average molecular weight is 570 g/mol. The molecule has 0 bridgehead atoms. The van der Waals surface area contributed by atoms with Crippen molar-refractivity contribution in [2.24, 2.45) is 0 Å². The lowest BCUT2D eigenvalue weighted by molar-refractivity contribution is -0.142. The Morgan fingerprint density at radius 1 is 0.951 bits per heavy atom. The monoisotopic (exact) mass is 569 g/mol. The SMILES string of the molecule is CCCCCN(C(=O)C(Cc1ccc(O)cc1)NC(=O)OC(C)(C)C)C(C(=O)NCCCC)c1ccc(O)c(C)c1. The van der Waals surface area contributed by atoms with Crippen molar-refractivity contribution in [3.8, 4) is 11.5 Å². The predicted molar refractivity (Wildman–Crippen MR) is 160 cm³/mol. The highest BCUT2D eigenvalue weighted by Gasteiger charge is 2.36. The summed E-state index contributed by atoms with van der Waals surface area (Å²) in [5.41, 5.74) is 1.10. The van der Waals surface area contributed by atoms with Gasteiger partial charge in [0.1, 0.15) is 29.2 Å². The van der Waals surface area contributed by atoms with Gasteiger partial charge >= 0.3 is 6.09 Å². The summed E-state index contributed by atoms with van der Waals surface area (Å²) < 4.78 is 5.47. The van der Waals surface area contributed by atoms with Crippen molar-refractivity contribution in [1.82, 2.24) is 15.5 Å². The van der Waals surface area contributed by atoms with Gasteiger partial charge in [-0.3, -0.25) is 9.59 Å². The lowest BCUT2D eigenvalue weighted by Crippen LogP contribution is -2.54. The first-order chi connectivity index (χ1) is 19.4. The second-order valence-electron chi connectivity index (χ2n) is 11.4. The third-order valence-corrected chi connectivity index (χ3v) is 6.58. The molecule has 2 atom stereocenters. The first-order valence-corrected chi connectivity index (χ1v) is 14.5. The maximum atomic E-state index is 14.4. The van der Waals surface area contributed by atoms with Crippen molar-refractivity contribution in [2.45, 2.75) is 97.8 Å².